The Labute approximate surface area is 833 Å². The Bertz CT molecular complexity index is 3800. The Morgan fingerprint density at radius 1 is 0.331 bits per heavy atom. The van der Waals surface area contributed by atoms with E-state index in [0.717, 1.165) is 186 Å². The zero-order valence-corrected chi connectivity index (χ0v) is 92.8. The second-order valence-electron chi connectivity index (χ2n) is 53.0. The van der Waals surface area contributed by atoms with Crippen LogP contribution in [0.15, 0.2) is 0 Å². The normalized spacial score (nSPS) is 37.7. The van der Waals surface area contributed by atoms with Gasteiger partial charge in [-0.05, 0) is 413 Å². The average molecular weight is 1900 g/mol. The molecule has 10 bridgehead atoms. The van der Waals surface area contributed by atoms with Gasteiger partial charge < -0.3 is 33.2 Å². The fourth-order valence-electron chi connectivity index (χ4n) is 32.2. The predicted molar refractivity (Wildman–Crippen MR) is 552 cm³/mol. The lowest BCUT2D eigenvalue weighted by Crippen LogP contribution is -2.49. The first-order chi connectivity index (χ1) is 64.3. The van der Waals surface area contributed by atoms with E-state index in [1.807, 2.05) is 76.2 Å². The second kappa shape index (κ2) is 47.6. The summed E-state index contributed by atoms with van der Waals surface area (Å²) < 4.78 is 42.7. The molecule has 136 heavy (non-hydrogen) atoms. The number of hydrogen-bond donors (Lipinski definition) is 0. The molecule has 782 valence electrons. The van der Waals surface area contributed by atoms with Gasteiger partial charge in [-0.15, -0.1) is 0 Å². The van der Waals surface area contributed by atoms with Crippen molar-refractivity contribution in [2.75, 3.05) is 0 Å². The van der Waals surface area contributed by atoms with Gasteiger partial charge in [-0.2, -0.15) is 0 Å². The number of ether oxygens (including phenoxy) is 7. The van der Waals surface area contributed by atoms with Crippen LogP contribution in [0.2, 0.25) is 0 Å². The van der Waals surface area contributed by atoms with E-state index in [-0.39, 0.29) is 121 Å². The van der Waals surface area contributed by atoms with Crippen molar-refractivity contribution in [2.24, 2.45) is 164 Å². The van der Waals surface area contributed by atoms with Gasteiger partial charge in [0.05, 0.1) is 39.9 Å². The molecule has 28 atom stereocenters. The van der Waals surface area contributed by atoms with Crippen LogP contribution in [0.3, 0.4) is 0 Å². The van der Waals surface area contributed by atoms with Crippen molar-refractivity contribution < 1.29 is 66.7 Å². The quantitative estimate of drug-likeness (QED) is 0.0391. The standard InChI is InChI=1S/C20H32O2.C20H36O2.C19H34O2.C17H30O2.C16H26O2.2C15H26O2/c1-4-8-20(22-19(21)12(3)5-2)11-15-10-16(20)18-14-7-6-13(9-14)17(15)18;1-5-19(2,3)18(21)22-20(4,16-12-8-6-9-13-16)17-14-10-7-11-15-17;1-4-6-12-19(21-18(20)15(3)5-2)13-11-16-9-7-8-10-17(16)14-19;1-5-16(2,3)15(18)19-17(4)12-8-10-13-9-6-7-11-14(13)17;1-4-10(2)15(17)18-16(3)9-11-8-14(16)13-7-5-6-12(11)13;1-6-10(2)13(16)17-15(5)9-11-7-8-12(15)14(11,3)4;1-5-14(3,4)13(16)17-15(6-2)10-11-7-8-12(15)9-11/h12-18H,4-11H2,1-3H3;16-17H,5-15H2,1-4H3;15-17H,4-14H2,1-3H3;13-14H,5-12H2,1-4H3;10-14H,4-9H2,1-3H3;10-12H,6-9H2,1-5H3;11-12H,5-10H2,1-4H3. The molecule has 0 heterocycles. The lowest BCUT2D eigenvalue weighted by Gasteiger charge is -2.48. The maximum atomic E-state index is 12.8. The Morgan fingerprint density at radius 2 is 0.831 bits per heavy atom. The molecular weight excluding hydrogens is 1690 g/mol. The van der Waals surface area contributed by atoms with E-state index in [2.05, 4.69) is 104 Å². The molecule has 28 unspecified atom stereocenters. The monoisotopic (exact) mass is 1900 g/mol. The van der Waals surface area contributed by atoms with E-state index in [1.165, 1.54) is 238 Å². The third kappa shape index (κ3) is 25.3. The van der Waals surface area contributed by atoms with Crippen LogP contribution in [0.1, 0.15) is 527 Å². The van der Waals surface area contributed by atoms with Gasteiger partial charge in [0, 0.05) is 23.7 Å². The van der Waals surface area contributed by atoms with Crippen LogP contribution in [-0.2, 0) is 66.7 Å². The molecule has 17 aliphatic rings. The van der Waals surface area contributed by atoms with Crippen molar-refractivity contribution in [3.63, 3.8) is 0 Å². The minimum absolute atomic E-state index is 0.00153. The number of unbranched alkanes of at least 4 members (excludes halogenated alkanes) is 1. The van der Waals surface area contributed by atoms with Gasteiger partial charge in [-0.25, -0.2) is 0 Å². The topological polar surface area (TPSA) is 184 Å². The highest BCUT2D eigenvalue weighted by atomic mass is 16.6. The summed E-state index contributed by atoms with van der Waals surface area (Å²) in [4.78, 5) is 86.4. The summed E-state index contributed by atoms with van der Waals surface area (Å²) in [6.45, 7) is 54.6. The van der Waals surface area contributed by atoms with Crippen LogP contribution < -0.4 is 0 Å². The third-order valence-electron chi connectivity index (χ3n) is 43.0. The van der Waals surface area contributed by atoms with Crippen molar-refractivity contribution in [3.8, 4) is 0 Å². The lowest BCUT2D eigenvalue weighted by atomic mass is 9.63. The summed E-state index contributed by atoms with van der Waals surface area (Å²) in [7, 11) is 0. The molecule has 17 saturated carbocycles. The highest BCUT2D eigenvalue weighted by Crippen LogP contribution is 2.72. The summed E-state index contributed by atoms with van der Waals surface area (Å²) in [5.74, 6) is 16.1. The Kier molecular flexibility index (Phi) is 39.5. The van der Waals surface area contributed by atoms with E-state index in [9.17, 15) is 33.6 Å². The molecular formula is C122H210O14. The van der Waals surface area contributed by atoms with E-state index in [4.69, 9.17) is 33.2 Å². The van der Waals surface area contributed by atoms with Crippen molar-refractivity contribution in [1.82, 2.24) is 0 Å². The molecule has 0 aromatic carbocycles. The van der Waals surface area contributed by atoms with Crippen LogP contribution in [0.5, 0.6) is 0 Å². The molecule has 17 aliphatic carbocycles. The number of rotatable bonds is 29. The highest BCUT2D eigenvalue weighted by molar-refractivity contribution is 5.78. The molecule has 0 aromatic rings. The van der Waals surface area contributed by atoms with Gasteiger partial charge in [0.1, 0.15) is 39.2 Å². The minimum Gasteiger partial charge on any atom is -0.459 e. The first-order valence-electron chi connectivity index (χ1n) is 58.9. The maximum absolute atomic E-state index is 12.8. The molecule has 0 spiro atoms. The Hall–Kier alpha value is -3.71. The largest absolute Gasteiger partial charge is 0.459 e. The van der Waals surface area contributed by atoms with Gasteiger partial charge in [-0.3, -0.25) is 33.6 Å². The van der Waals surface area contributed by atoms with Gasteiger partial charge in [0.15, 0.2) is 0 Å². The predicted octanol–water partition coefficient (Wildman–Crippen LogP) is 32.4. The number of fused-ring (bicyclic) bond motifs is 20. The molecule has 17 fully saturated rings. The number of esters is 7. The summed E-state index contributed by atoms with van der Waals surface area (Å²) in [5, 5.41) is 0. The van der Waals surface area contributed by atoms with Crippen LogP contribution in [0.25, 0.3) is 0 Å². The molecule has 17 rings (SSSR count). The van der Waals surface area contributed by atoms with Crippen LogP contribution in [0, 0.1) is 164 Å². The van der Waals surface area contributed by atoms with Crippen molar-refractivity contribution in [2.45, 2.75) is 566 Å². The molecule has 0 amide bonds. The van der Waals surface area contributed by atoms with Crippen LogP contribution in [0.4, 0.5) is 0 Å². The van der Waals surface area contributed by atoms with Crippen molar-refractivity contribution in [1.29, 1.82) is 0 Å². The lowest BCUT2D eigenvalue weighted by molar-refractivity contribution is -0.187. The number of carbonyl (C=O) groups excluding carboxylic acids is 7. The average Bonchev–Trinajstić information content (AvgIpc) is 1.52. The maximum Gasteiger partial charge on any atom is 0.312 e. The zero-order valence-electron chi connectivity index (χ0n) is 92.8. The first kappa shape index (κ1) is 113. The SMILES string of the molecule is CCC(C)(C)C(=O)OC(C)(C1CCCCC1)C1CCCCC1.CCC(C)(C)C(=O)OC1(C)CCCC2CCCCC21.CCC(C)(C)C(=O)OC1(CC)CC2CCC1C2.CCC(C)C(=O)OC1(C)CC2CC1C1CCCC21.CCC(C)C(=O)OC1(C)CC2CCC1C2(C)C.CCCC1(OC(=O)C(C)CC)CC2CC1C1C3CCC(C3)C21.CCCCC1(OC(=O)C(C)CC)CCC2CCCCC2C1. The molecule has 14 nitrogen and oxygen atoms in total. The molecule has 0 aliphatic heterocycles. The van der Waals surface area contributed by atoms with Gasteiger partial charge in [-0.1, -0.05) is 214 Å². The van der Waals surface area contributed by atoms with Gasteiger partial charge in [0.2, 0.25) is 0 Å². The van der Waals surface area contributed by atoms with E-state index in [1.54, 1.807) is 0 Å². The van der Waals surface area contributed by atoms with E-state index < -0.39 is 0 Å². The zero-order chi connectivity index (χ0) is 99.5. The summed E-state index contributed by atoms with van der Waals surface area (Å²) >= 11 is 0. The molecule has 0 radical (unpaired) electrons. The summed E-state index contributed by atoms with van der Waals surface area (Å²) in [5.41, 5.74) is -1.79. The van der Waals surface area contributed by atoms with Crippen LogP contribution in [-0.4, -0.2) is 81.0 Å². The Balaban J connectivity index is 0.000000153. The highest BCUT2D eigenvalue weighted by Gasteiger charge is 2.69. The minimum atomic E-state index is -0.357. The molecule has 0 saturated heterocycles. The van der Waals surface area contributed by atoms with E-state index >= 15 is 0 Å². The molecule has 14 heteroatoms. The number of hydrogen-bond acceptors (Lipinski definition) is 14. The van der Waals surface area contributed by atoms with Gasteiger partial charge >= 0.3 is 41.8 Å². The smallest absolute Gasteiger partial charge is 0.312 e. The second-order valence-corrected chi connectivity index (χ2v) is 53.0. The van der Waals surface area contributed by atoms with E-state index in [0.29, 0.717) is 46.8 Å². The number of carbonyl (C=O) groups is 7. The molecule has 0 aromatic heterocycles. The first-order valence-corrected chi connectivity index (χ1v) is 58.9. The summed E-state index contributed by atoms with van der Waals surface area (Å²) in [6.07, 6.45) is 65.9. The Morgan fingerprint density at radius 3 is 1.35 bits per heavy atom. The third-order valence-corrected chi connectivity index (χ3v) is 43.0. The van der Waals surface area contributed by atoms with Crippen LogP contribution >= 0.6 is 0 Å². The summed E-state index contributed by atoms with van der Waals surface area (Å²) in [6, 6.07) is 0. The fraction of sp³-hybridized carbons (Fsp3) is 0.943. The van der Waals surface area contributed by atoms with Crippen molar-refractivity contribution >= 4 is 41.8 Å². The van der Waals surface area contributed by atoms with Crippen molar-refractivity contribution in [3.05, 3.63) is 0 Å². The van der Waals surface area contributed by atoms with Gasteiger partial charge in [0.25, 0.3) is 0 Å². The fourth-order valence-corrected chi connectivity index (χ4v) is 32.2. The molecule has 0 N–H and O–H groups in total.